The van der Waals surface area contributed by atoms with Crippen molar-refractivity contribution in [3.63, 3.8) is 0 Å². The summed E-state index contributed by atoms with van der Waals surface area (Å²) in [7, 11) is 0. The Kier molecular flexibility index (Phi) is 11.6. The SMILES string of the molecule is N#Cc1ccc(-c2ccc(CC(NC(=O)[C@@H]3Cc4cc5c(cc4CN3C(=O)c3cccs3)O[C@@H](c3ccc(OCc4ccc(Cl)c(Cl)c4)cc3)CO5)C(=O)O)cc2)cc1. The van der Waals surface area contributed by atoms with E-state index in [-0.39, 0.29) is 31.9 Å². The van der Waals surface area contributed by atoms with Gasteiger partial charge >= 0.3 is 5.97 Å². The van der Waals surface area contributed by atoms with Crippen molar-refractivity contribution >= 4 is 52.3 Å². The van der Waals surface area contributed by atoms with Crippen LogP contribution in [0, 0.1) is 11.3 Å². The Morgan fingerprint density at radius 2 is 1.59 bits per heavy atom. The summed E-state index contributed by atoms with van der Waals surface area (Å²) in [6.07, 6.45) is -0.227. The lowest BCUT2D eigenvalue weighted by atomic mass is 9.92. The number of carbonyl (C=O) groups excluding carboxylic acids is 2. The number of aliphatic carboxylic acids is 1. The molecule has 3 atom stereocenters. The van der Waals surface area contributed by atoms with Crippen molar-refractivity contribution in [3.05, 3.63) is 169 Å². The van der Waals surface area contributed by atoms with Gasteiger partial charge in [-0.25, -0.2) is 4.79 Å². The lowest BCUT2D eigenvalue weighted by molar-refractivity contribution is -0.142. The number of fused-ring (bicyclic) bond motifs is 2. The Morgan fingerprint density at radius 3 is 2.27 bits per heavy atom. The Hall–Kier alpha value is -6.32. The van der Waals surface area contributed by atoms with Crippen molar-refractivity contribution in [2.24, 2.45) is 0 Å². The van der Waals surface area contributed by atoms with Gasteiger partial charge < -0.3 is 29.5 Å². The molecule has 0 spiro atoms. The zero-order chi connectivity index (χ0) is 41.0. The van der Waals surface area contributed by atoms with Gasteiger partial charge in [-0.15, -0.1) is 11.3 Å². The van der Waals surface area contributed by atoms with Crippen LogP contribution in [0.2, 0.25) is 10.0 Å². The van der Waals surface area contributed by atoms with Gasteiger partial charge in [-0.3, -0.25) is 9.59 Å². The molecule has 2 N–H and O–H groups in total. The Labute approximate surface area is 354 Å². The second-order valence-corrected chi connectivity index (χ2v) is 16.0. The average Bonchev–Trinajstić information content (AvgIpc) is 3.81. The third kappa shape index (κ3) is 8.91. The van der Waals surface area contributed by atoms with Crippen LogP contribution in [0.1, 0.15) is 49.2 Å². The summed E-state index contributed by atoms with van der Waals surface area (Å²) in [6, 6.07) is 34.5. The molecule has 2 amide bonds. The molecule has 0 radical (unpaired) electrons. The molecule has 1 aromatic heterocycles. The summed E-state index contributed by atoms with van der Waals surface area (Å²) in [5.74, 6) is -0.382. The molecule has 2 aliphatic rings. The standard InChI is InChI=1S/C46H35Cl2N3O7S/c47-36-16-7-29(18-37(36)48)25-56-35-14-12-32(13-15-35)42-26-57-40-21-33-20-39(51(24-34(33)22-41(40)58-42)45(53)43-2-1-17-59-43)44(52)50-38(46(54)55)19-27-3-8-30(9-4-27)31-10-5-28(23-49)6-11-31/h1-18,21-22,38-39,42H,19-20,24-26H2,(H,50,52)(H,54,55)/t38?,39-,42+/m0/s1. The van der Waals surface area contributed by atoms with Crippen LogP contribution >= 0.6 is 34.5 Å². The van der Waals surface area contributed by atoms with Crippen molar-refractivity contribution in [3.8, 4) is 34.4 Å². The topological polar surface area (TPSA) is 138 Å². The molecular formula is C46H35Cl2N3O7S. The number of nitrogens with one attached hydrogen (secondary N) is 1. The van der Waals surface area contributed by atoms with Crippen molar-refractivity contribution in [2.75, 3.05) is 6.61 Å². The maximum Gasteiger partial charge on any atom is 0.326 e. The number of halogens is 2. The van der Waals surface area contributed by atoms with Crippen LogP contribution in [0.4, 0.5) is 0 Å². The van der Waals surface area contributed by atoms with Crippen molar-refractivity contribution in [2.45, 2.75) is 44.2 Å². The highest BCUT2D eigenvalue weighted by atomic mass is 35.5. The monoisotopic (exact) mass is 843 g/mol. The Bertz CT molecular complexity index is 2560. The number of rotatable bonds is 11. The lowest BCUT2D eigenvalue weighted by Gasteiger charge is -2.37. The lowest BCUT2D eigenvalue weighted by Crippen LogP contribution is -2.55. The van der Waals surface area contributed by atoms with Crippen LogP contribution in [0.3, 0.4) is 0 Å². The molecule has 0 fully saturated rings. The molecule has 296 valence electrons. The van der Waals surface area contributed by atoms with Gasteiger partial charge in [-0.1, -0.05) is 83.9 Å². The van der Waals surface area contributed by atoms with E-state index in [1.165, 1.54) is 16.2 Å². The number of carboxylic acid groups (broad SMARTS) is 1. The van der Waals surface area contributed by atoms with Crippen LogP contribution in [-0.2, 0) is 35.6 Å². The van der Waals surface area contributed by atoms with Gasteiger partial charge in [0.15, 0.2) is 17.6 Å². The van der Waals surface area contributed by atoms with Crippen LogP contribution in [0.15, 0.2) is 121 Å². The number of amides is 2. The van der Waals surface area contributed by atoms with Gasteiger partial charge in [-0.2, -0.15) is 5.26 Å². The smallest absolute Gasteiger partial charge is 0.326 e. The van der Waals surface area contributed by atoms with E-state index in [1.54, 1.807) is 41.8 Å². The molecular weight excluding hydrogens is 809 g/mol. The highest BCUT2D eigenvalue weighted by Crippen LogP contribution is 2.41. The van der Waals surface area contributed by atoms with Gasteiger partial charge in [0, 0.05) is 19.4 Å². The second kappa shape index (κ2) is 17.3. The number of thiophene rings is 1. The average molecular weight is 845 g/mol. The normalized spacial score (nSPS) is 16.0. The highest BCUT2D eigenvalue weighted by Gasteiger charge is 2.38. The maximum atomic E-state index is 14.1. The number of hydrogen-bond acceptors (Lipinski definition) is 8. The number of nitrogens with zero attached hydrogens (tertiary/aromatic N) is 2. The van der Waals surface area contributed by atoms with Crippen LogP contribution in [0.5, 0.6) is 17.2 Å². The molecule has 10 nitrogen and oxygen atoms in total. The predicted octanol–water partition coefficient (Wildman–Crippen LogP) is 9.06. The van der Waals surface area contributed by atoms with Crippen LogP contribution < -0.4 is 19.5 Å². The molecule has 0 bridgehead atoms. The molecule has 2 aliphatic heterocycles. The molecule has 3 heterocycles. The summed E-state index contributed by atoms with van der Waals surface area (Å²) in [5, 5.41) is 24.8. The van der Waals surface area contributed by atoms with E-state index in [1.807, 2.05) is 78.9 Å². The first-order valence-electron chi connectivity index (χ1n) is 18.7. The van der Waals surface area contributed by atoms with E-state index >= 15 is 0 Å². The first kappa shape index (κ1) is 39.5. The van der Waals surface area contributed by atoms with E-state index in [0.717, 1.165) is 33.4 Å². The summed E-state index contributed by atoms with van der Waals surface area (Å²) < 4.78 is 18.6. The predicted molar refractivity (Wildman–Crippen MR) is 224 cm³/mol. The summed E-state index contributed by atoms with van der Waals surface area (Å²) in [4.78, 5) is 42.5. The van der Waals surface area contributed by atoms with Gasteiger partial charge in [-0.05, 0) is 98.9 Å². The van der Waals surface area contributed by atoms with Crippen molar-refractivity contribution < 1.29 is 33.7 Å². The fourth-order valence-electron chi connectivity index (χ4n) is 7.15. The van der Waals surface area contributed by atoms with E-state index < -0.39 is 30.1 Å². The van der Waals surface area contributed by atoms with Gasteiger partial charge in [0.2, 0.25) is 5.91 Å². The molecule has 0 aliphatic carbocycles. The van der Waals surface area contributed by atoms with Gasteiger partial charge in [0.1, 0.15) is 31.0 Å². The quantitative estimate of drug-likeness (QED) is 0.132. The summed E-state index contributed by atoms with van der Waals surface area (Å²) in [6.45, 7) is 0.672. The molecule has 59 heavy (non-hydrogen) atoms. The Balaban J connectivity index is 0.964. The molecule has 6 aromatic rings. The van der Waals surface area contributed by atoms with E-state index in [0.29, 0.717) is 49.9 Å². The number of hydrogen-bond donors (Lipinski definition) is 2. The van der Waals surface area contributed by atoms with Crippen LogP contribution in [-0.4, -0.2) is 46.5 Å². The third-order valence-corrected chi connectivity index (χ3v) is 11.9. The number of nitriles is 1. The summed E-state index contributed by atoms with van der Waals surface area (Å²) >= 11 is 13.4. The van der Waals surface area contributed by atoms with E-state index in [9.17, 15) is 19.5 Å². The molecule has 1 unspecified atom stereocenters. The van der Waals surface area contributed by atoms with Crippen molar-refractivity contribution in [1.82, 2.24) is 10.2 Å². The first-order valence-corrected chi connectivity index (χ1v) is 20.3. The minimum atomic E-state index is -1.25. The Morgan fingerprint density at radius 1 is 0.881 bits per heavy atom. The van der Waals surface area contributed by atoms with Crippen LogP contribution in [0.25, 0.3) is 11.1 Å². The zero-order valence-electron chi connectivity index (χ0n) is 31.3. The van der Waals surface area contributed by atoms with Gasteiger partial charge in [0.05, 0.1) is 26.6 Å². The minimum Gasteiger partial charge on any atom is -0.489 e. The highest BCUT2D eigenvalue weighted by molar-refractivity contribution is 7.12. The maximum absolute atomic E-state index is 14.1. The molecule has 13 heteroatoms. The molecule has 0 saturated heterocycles. The van der Waals surface area contributed by atoms with E-state index in [2.05, 4.69) is 11.4 Å². The number of carbonyl (C=O) groups is 3. The second-order valence-electron chi connectivity index (χ2n) is 14.2. The largest absolute Gasteiger partial charge is 0.489 e. The fourth-order valence-corrected chi connectivity index (χ4v) is 8.15. The fraction of sp³-hybridized carbons (Fsp3) is 0.174. The van der Waals surface area contributed by atoms with Gasteiger partial charge in [0.25, 0.3) is 5.91 Å². The zero-order valence-corrected chi connectivity index (χ0v) is 33.6. The number of benzene rings is 5. The molecule has 0 saturated carbocycles. The van der Waals surface area contributed by atoms with E-state index in [4.69, 9.17) is 42.7 Å². The minimum absolute atomic E-state index is 0.0330. The first-order chi connectivity index (χ1) is 28.6. The molecule has 5 aromatic carbocycles. The molecule has 8 rings (SSSR count). The third-order valence-electron chi connectivity index (χ3n) is 10.3. The van der Waals surface area contributed by atoms with Crippen molar-refractivity contribution in [1.29, 1.82) is 5.26 Å². The summed E-state index contributed by atoms with van der Waals surface area (Å²) in [5.41, 5.74) is 6.46. The number of carboxylic acids is 1. The number of ether oxygens (including phenoxy) is 3.